The fourth-order valence-electron chi connectivity index (χ4n) is 3.51. The van der Waals surface area contributed by atoms with Crippen molar-refractivity contribution in [3.63, 3.8) is 0 Å². The Morgan fingerprint density at radius 1 is 0.893 bits per heavy atom. The minimum atomic E-state index is 0.0603. The summed E-state index contributed by atoms with van der Waals surface area (Å²) in [5, 5.41) is 2.94. The zero-order chi connectivity index (χ0) is 20.2. The van der Waals surface area contributed by atoms with Crippen LogP contribution in [0, 0.1) is 0 Å². The van der Waals surface area contributed by atoms with Crippen LogP contribution in [0.5, 0.6) is 0 Å². The second-order valence-electron chi connectivity index (χ2n) is 8.00. The standard InChI is InChI=1S/C23H37N3O2/c1-3-4-5-6-7-8-9-10-23(28)24-21-13-11-20(12-14-21)22(27)19-26-17-15-25(2)16-18-26/h11-14H,3-10,15-19H2,1-2H3,(H,24,28). The maximum absolute atomic E-state index is 12.5. The first-order chi connectivity index (χ1) is 13.6. The van der Waals surface area contributed by atoms with E-state index in [1.54, 1.807) is 0 Å². The summed E-state index contributed by atoms with van der Waals surface area (Å²) in [6, 6.07) is 7.31. The molecule has 0 radical (unpaired) electrons. The summed E-state index contributed by atoms with van der Waals surface area (Å²) in [6.07, 6.45) is 9.02. The van der Waals surface area contributed by atoms with Gasteiger partial charge < -0.3 is 10.2 Å². The van der Waals surface area contributed by atoms with Gasteiger partial charge in [0.05, 0.1) is 6.54 Å². The van der Waals surface area contributed by atoms with Crippen LogP contribution >= 0.6 is 0 Å². The fraction of sp³-hybridized carbons (Fsp3) is 0.652. The summed E-state index contributed by atoms with van der Waals surface area (Å²) in [4.78, 5) is 29.0. The van der Waals surface area contributed by atoms with E-state index in [1.807, 2.05) is 24.3 Å². The number of hydrogen-bond acceptors (Lipinski definition) is 4. The van der Waals surface area contributed by atoms with E-state index in [0.29, 0.717) is 18.5 Å². The van der Waals surface area contributed by atoms with Crippen LogP contribution in [0.15, 0.2) is 24.3 Å². The largest absolute Gasteiger partial charge is 0.326 e. The summed E-state index contributed by atoms with van der Waals surface area (Å²) in [7, 11) is 2.11. The van der Waals surface area contributed by atoms with Gasteiger partial charge in [-0.15, -0.1) is 0 Å². The molecule has 0 aromatic heterocycles. The third kappa shape index (κ3) is 8.53. The molecule has 0 aliphatic carbocycles. The molecule has 156 valence electrons. The Balaban J connectivity index is 1.66. The van der Waals surface area contributed by atoms with Gasteiger partial charge in [-0.05, 0) is 37.7 Å². The van der Waals surface area contributed by atoms with Gasteiger partial charge in [-0.25, -0.2) is 0 Å². The maximum atomic E-state index is 12.5. The van der Waals surface area contributed by atoms with Gasteiger partial charge in [0, 0.05) is 43.9 Å². The number of carbonyl (C=O) groups excluding carboxylic acids is 2. The molecule has 1 aromatic carbocycles. The van der Waals surface area contributed by atoms with Crippen LogP contribution in [-0.4, -0.2) is 61.3 Å². The van der Waals surface area contributed by atoms with Gasteiger partial charge in [0.1, 0.15) is 0 Å². The van der Waals surface area contributed by atoms with E-state index < -0.39 is 0 Å². The highest BCUT2D eigenvalue weighted by atomic mass is 16.1. The highest BCUT2D eigenvalue weighted by Gasteiger charge is 2.17. The Hall–Kier alpha value is -1.72. The lowest BCUT2D eigenvalue weighted by Crippen LogP contribution is -2.46. The molecule has 1 saturated heterocycles. The van der Waals surface area contributed by atoms with Crippen molar-refractivity contribution in [2.75, 3.05) is 45.1 Å². The number of Topliss-reactive ketones (excluding diaryl/α,β-unsaturated/α-hetero) is 1. The Bertz CT molecular complexity index is 592. The van der Waals surface area contributed by atoms with Crippen LogP contribution in [0.2, 0.25) is 0 Å². The van der Waals surface area contributed by atoms with Crippen molar-refractivity contribution in [2.24, 2.45) is 0 Å². The highest BCUT2D eigenvalue weighted by molar-refractivity contribution is 5.98. The van der Waals surface area contributed by atoms with Gasteiger partial charge in [-0.3, -0.25) is 14.5 Å². The molecule has 5 heteroatoms. The van der Waals surface area contributed by atoms with Gasteiger partial charge in [-0.1, -0.05) is 45.4 Å². The lowest BCUT2D eigenvalue weighted by Gasteiger charge is -2.31. The van der Waals surface area contributed by atoms with E-state index in [1.165, 1.54) is 32.1 Å². The first kappa shape index (κ1) is 22.6. The lowest BCUT2D eigenvalue weighted by atomic mass is 10.1. The molecule has 1 aliphatic rings. The molecule has 1 aromatic rings. The zero-order valence-electron chi connectivity index (χ0n) is 17.7. The Kier molecular flexibility index (Phi) is 10.2. The highest BCUT2D eigenvalue weighted by Crippen LogP contribution is 2.13. The third-order valence-electron chi connectivity index (χ3n) is 5.46. The summed E-state index contributed by atoms with van der Waals surface area (Å²) in [6.45, 7) is 6.59. The fourth-order valence-corrected chi connectivity index (χ4v) is 3.51. The number of benzene rings is 1. The normalized spacial score (nSPS) is 15.5. The van der Waals surface area contributed by atoms with E-state index in [4.69, 9.17) is 0 Å². The number of rotatable bonds is 12. The van der Waals surface area contributed by atoms with E-state index >= 15 is 0 Å². The van der Waals surface area contributed by atoms with Gasteiger partial charge in [0.2, 0.25) is 5.91 Å². The molecule has 0 saturated carbocycles. The number of hydrogen-bond donors (Lipinski definition) is 1. The zero-order valence-corrected chi connectivity index (χ0v) is 17.7. The third-order valence-corrected chi connectivity index (χ3v) is 5.46. The van der Waals surface area contributed by atoms with Gasteiger partial charge in [0.25, 0.3) is 0 Å². The first-order valence-electron chi connectivity index (χ1n) is 10.9. The van der Waals surface area contributed by atoms with Crippen molar-refractivity contribution in [1.29, 1.82) is 0 Å². The van der Waals surface area contributed by atoms with Crippen LogP contribution in [0.1, 0.15) is 68.6 Å². The summed E-state index contributed by atoms with van der Waals surface area (Å²) >= 11 is 0. The average Bonchev–Trinajstić information content (AvgIpc) is 2.69. The van der Waals surface area contributed by atoms with Crippen molar-refractivity contribution in [2.45, 2.75) is 58.3 Å². The molecule has 1 aliphatic heterocycles. The molecule has 1 N–H and O–H groups in total. The number of amides is 1. The Morgan fingerprint density at radius 3 is 2.14 bits per heavy atom. The molecule has 5 nitrogen and oxygen atoms in total. The Morgan fingerprint density at radius 2 is 1.50 bits per heavy atom. The van der Waals surface area contributed by atoms with E-state index in [0.717, 1.165) is 44.7 Å². The van der Waals surface area contributed by atoms with Crippen molar-refractivity contribution >= 4 is 17.4 Å². The van der Waals surface area contributed by atoms with E-state index in [-0.39, 0.29) is 11.7 Å². The molecule has 1 amide bonds. The molecule has 1 fully saturated rings. The second kappa shape index (κ2) is 12.7. The minimum Gasteiger partial charge on any atom is -0.326 e. The molecule has 0 bridgehead atoms. The summed E-state index contributed by atoms with van der Waals surface area (Å²) < 4.78 is 0. The summed E-state index contributed by atoms with van der Waals surface area (Å²) in [5.74, 6) is 0.204. The number of carbonyl (C=O) groups is 2. The van der Waals surface area contributed by atoms with Crippen molar-refractivity contribution in [3.05, 3.63) is 29.8 Å². The SMILES string of the molecule is CCCCCCCCCC(=O)Nc1ccc(C(=O)CN2CCN(C)CC2)cc1. The number of likely N-dealkylation sites (N-methyl/N-ethyl adjacent to an activating group) is 1. The van der Waals surface area contributed by atoms with Crippen LogP contribution in [0.4, 0.5) is 5.69 Å². The molecule has 28 heavy (non-hydrogen) atoms. The van der Waals surface area contributed by atoms with E-state index in [9.17, 15) is 9.59 Å². The number of anilines is 1. The van der Waals surface area contributed by atoms with Crippen LogP contribution in [-0.2, 0) is 4.79 Å². The van der Waals surface area contributed by atoms with E-state index in [2.05, 4.69) is 29.1 Å². The predicted octanol–water partition coefficient (Wildman–Crippen LogP) is 4.20. The first-order valence-corrected chi connectivity index (χ1v) is 10.9. The number of piperazine rings is 1. The second-order valence-corrected chi connectivity index (χ2v) is 8.00. The van der Waals surface area contributed by atoms with Gasteiger partial charge in [0.15, 0.2) is 5.78 Å². The van der Waals surface area contributed by atoms with Crippen LogP contribution < -0.4 is 5.32 Å². The van der Waals surface area contributed by atoms with Gasteiger partial charge in [-0.2, -0.15) is 0 Å². The van der Waals surface area contributed by atoms with Gasteiger partial charge >= 0.3 is 0 Å². The smallest absolute Gasteiger partial charge is 0.224 e. The quantitative estimate of drug-likeness (QED) is 0.431. The van der Waals surface area contributed by atoms with Crippen molar-refractivity contribution in [3.8, 4) is 0 Å². The van der Waals surface area contributed by atoms with Crippen molar-refractivity contribution in [1.82, 2.24) is 9.80 Å². The number of nitrogens with one attached hydrogen (secondary N) is 1. The molecule has 0 spiro atoms. The van der Waals surface area contributed by atoms with Crippen LogP contribution in [0.3, 0.4) is 0 Å². The number of nitrogens with zero attached hydrogens (tertiary/aromatic N) is 2. The summed E-state index contributed by atoms with van der Waals surface area (Å²) in [5.41, 5.74) is 1.48. The number of unbranched alkanes of at least 4 members (excludes halogenated alkanes) is 6. The lowest BCUT2D eigenvalue weighted by molar-refractivity contribution is -0.116. The predicted molar refractivity (Wildman–Crippen MR) is 116 cm³/mol. The monoisotopic (exact) mass is 387 g/mol. The molecule has 1 heterocycles. The average molecular weight is 388 g/mol. The maximum Gasteiger partial charge on any atom is 0.224 e. The number of ketones is 1. The Labute approximate surface area is 170 Å². The van der Waals surface area contributed by atoms with Crippen LogP contribution in [0.25, 0.3) is 0 Å². The molecular weight excluding hydrogens is 350 g/mol. The van der Waals surface area contributed by atoms with Crippen molar-refractivity contribution < 1.29 is 9.59 Å². The molecule has 0 atom stereocenters. The molecule has 0 unspecified atom stereocenters. The topological polar surface area (TPSA) is 52.7 Å². The minimum absolute atomic E-state index is 0.0603. The molecule has 2 rings (SSSR count). The molecular formula is C23H37N3O2.